The Morgan fingerprint density at radius 2 is 2.00 bits per heavy atom. The fraction of sp³-hybridized carbons (Fsp3) is 0.571. The van der Waals surface area contributed by atoms with Gasteiger partial charge in [-0.1, -0.05) is 40.5 Å². The number of rotatable bonds is 8. The zero-order chi connectivity index (χ0) is 14.3. The van der Waals surface area contributed by atoms with Gasteiger partial charge in [0, 0.05) is 23.7 Å². The quantitative estimate of drug-likeness (QED) is 0.726. The number of halogens is 2. The lowest BCUT2D eigenvalue weighted by Gasteiger charge is -2.26. The van der Waals surface area contributed by atoms with Crippen LogP contribution >= 0.6 is 27.5 Å². The molecular formula is C14H21BrClNO2. The van der Waals surface area contributed by atoms with Crippen LogP contribution in [0, 0.1) is 0 Å². The molecule has 1 aromatic carbocycles. The minimum atomic E-state index is -0.286. The van der Waals surface area contributed by atoms with Crippen LogP contribution in [0.25, 0.3) is 0 Å². The molecule has 0 aliphatic carbocycles. The zero-order valence-corrected chi connectivity index (χ0v) is 13.9. The highest BCUT2D eigenvalue weighted by atomic mass is 79.9. The van der Waals surface area contributed by atoms with Gasteiger partial charge in [0.15, 0.2) is 6.29 Å². The highest BCUT2D eigenvalue weighted by Crippen LogP contribution is 2.23. The van der Waals surface area contributed by atoms with Crippen LogP contribution in [0.5, 0.6) is 0 Å². The Morgan fingerprint density at radius 3 is 2.53 bits per heavy atom. The van der Waals surface area contributed by atoms with Gasteiger partial charge < -0.3 is 14.8 Å². The Morgan fingerprint density at radius 1 is 1.32 bits per heavy atom. The maximum absolute atomic E-state index is 6.26. The third-order valence-electron chi connectivity index (χ3n) is 2.90. The Kier molecular flexibility index (Phi) is 7.95. The van der Waals surface area contributed by atoms with Crippen LogP contribution in [0.3, 0.4) is 0 Å². The number of hydrogen-bond acceptors (Lipinski definition) is 3. The third-order valence-corrected chi connectivity index (χ3v) is 3.75. The third kappa shape index (κ3) is 5.40. The van der Waals surface area contributed by atoms with Crippen LogP contribution in [-0.2, 0) is 15.9 Å². The lowest BCUT2D eigenvalue weighted by Crippen LogP contribution is -2.44. The molecule has 3 nitrogen and oxygen atoms in total. The average molecular weight is 351 g/mol. The number of nitrogens with one attached hydrogen (secondary N) is 1. The largest absolute Gasteiger partial charge is 0.354 e. The predicted molar refractivity (Wildman–Crippen MR) is 82.7 cm³/mol. The van der Waals surface area contributed by atoms with E-state index in [0.717, 1.165) is 34.4 Å². The van der Waals surface area contributed by atoms with E-state index in [2.05, 4.69) is 28.2 Å². The summed E-state index contributed by atoms with van der Waals surface area (Å²) >= 11 is 9.67. The van der Waals surface area contributed by atoms with Crippen molar-refractivity contribution in [2.45, 2.75) is 32.1 Å². The van der Waals surface area contributed by atoms with E-state index in [9.17, 15) is 0 Å². The van der Waals surface area contributed by atoms with Gasteiger partial charge in [-0.3, -0.25) is 0 Å². The lowest BCUT2D eigenvalue weighted by molar-refractivity contribution is -0.122. The van der Waals surface area contributed by atoms with Crippen molar-refractivity contribution in [1.29, 1.82) is 0 Å². The molecule has 5 heteroatoms. The summed E-state index contributed by atoms with van der Waals surface area (Å²) in [6.45, 7) is 3.05. The second-order valence-electron chi connectivity index (χ2n) is 4.34. The number of methoxy groups -OCH3 is 2. The van der Waals surface area contributed by atoms with Gasteiger partial charge in [-0.05, 0) is 37.1 Å². The summed E-state index contributed by atoms with van der Waals surface area (Å²) in [4.78, 5) is 0. The Balaban J connectivity index is 2.80. The van der Waals surface area contributed by atoms with E-state index in [1.54, 1.807) is 14.2 Å². The molecular weight excluding hydrogens is 330 g/mol. The maximum atomic E-state index is 6.26. The number of hydrogen-bond donors (Lipinski definition) is 1. The summed E-state index contributed by atoms with van der Waals surface area (Å²) in [5.41, 5.74) is 1.08. The van der Waals surface area contributed by atoms with E-state index in [0.29, 0.717) is 0 Å². The van der Waals surface area contributed by atoms with Crippen molar-refractivity contribution in [1.82, 2.24) is 5.32 Å². The molecule has 0 spiro atoms. The topological polar surface area (TPSA) is 30.5 Å². The van der Waals surface area contributed by atoms with Crippen LogP contribution in [-0.4, -0.2) is 33.1 Å². The van der Waals surface area contributed by atoms with Crippen LogP contribution in [0.2, 0.25) is 5.02 Å². The first-order valence-electron chi connectivity index (χ1n) is 6.35. The fourth-order valence-corrected chi connectivity index (χ4v) is 2.69. The Hall–Kier alpha value is -0.130. The molecule has 1 rings (SSSR count). The fourth-order valence-electron chi connectivity index (χ4n) is 1.94. The minimum absolute atomic E-state index is 0.0774. The molecule has 0 saturated heterocycles. The molecule has 0 radical (unpaired) electrons. The molecule has 0 aliphatic heterocycles. The summed E-state index contributed by atoms with van der Waals surface area (Å²) in [5, 5.41) is 4.19. The molecule has 0 heterocycles. The van der Waals surface area contributed by atoms with Crippen molar-refractivity contribution in [3.63, 3.8) is 0 Å². The summed E-state index contributed by atoms with van der Waals surface area (Å²) in [7, 11) is 3.30. The van der Waals surface area contributed by atoms with Crippen LogP contribution < -0.4 is 5.32 Å². The predicted octanol–water partition coefficient (Wildman–Crippen LogP) is 3.63. The van der Waals surface area contributed by atoms with E-state index in [1.165, 1.54) is 0 Å². The van der Waals surface area contributed by atoms with Gasteiger partial charge in [0.2, 0.25) is 0 Å². The first-order valence-corrected chi connectivity index (χ1v) is 7.52. The molecule has 0 fully saturated rings. The van der Waals surface area contributed by atoms with E-state index in [-0.39, 0.29) is 12.3 Å². The second kappa shape index (κ2) is 8.93. The van der Waals surface area contributed by atoms with Crippen LogP contribution in [0.4, 0.5) is 0 Å². The van der Waals surface area contributed by atoms with E-state index >= 15 is 0 Å². The van der Waals surface area contributed by atoms with Crippen LogP contribution in [0.15, 0.2) is 22.7 Å². The molecule has 0 saturated carbocycles. The summed E-state index contributed by atoms with van der Waals surface area (Å²) in [6.07, 6.45) is 1.54. The normalized spacial score (nSPS) is 12.9. The van der Waals surface area contributed by atoms with E-state index in [1.807, 2.05) is 18.2 Å². The molecule has 1 aromatic rings. The smallest absolute Gasteiger partial charge is 0.172 e. The molecule has 0 aromatic heterocycles. The molecule has 0 aliphatic rings. The number of benzene rings is 1. The first-order chi connectivity index (χ1) is 9.12. The van der Waals surface area contributed by atoms with Crippen LogP contribution in [0.1, 0.15) is 18.9 Å². The van der Waals surface area contributed by atoms with Gasteiger partial charge in [0.05, 0.1) is 6.04 Å². The first kappa shape index (κ1) is 16.9. The molecule has 19 heavy (non-hydrogen) atoms. The van der Waals surface area contributed by atoms with Crippen molar-refractivity contribution in [2.75, 3.05) is 20.8 Å². The van der Waals surface area contributed by atoms with Gasteiger partial charge >= 0.3 is 0 Å². The van der Waals surface area contributed by atoms with E-state index < -0.39 is 0 Å². The summed E-state index contributed by atoms with van der Waals surface area (Å²) in [5.74, 6) is 0. The van der Waals surface area contributed by atoms with Gasteiger partial charge in [0.1, 0.15) is 0 Å². The van der Waals surface area contributed by atoms with Gasteiger partial charge in [-0.15, -0.1) is 0 Å². The minimum Gasteiger partial charge on any atom is -0.354 e. The molecule has 108 valence electrons. The maximum Gasteiger partial charge on any atom is 0.172 e. The van der Waals surface area contributed by atoms with E-state index in [4.69, 9.17) is 21.1 Å². The molecule has 0 bridgehead atoms. The Bertz CT molecular complexity index is 386. The van der Waals surface area contributed by atoms with Crippen molar-refractivity contribution in [3.8, 4) is 0 Å². The Labute approximate surface area is 128 Å². The average Bonchev–Trinajstić information content (AvgIpc) is 2.39. The van der Waals surface area contributed by atoms with Gasteiger partial charge in [0.25, 0.3) is 0 Å². The molecule has 0 amide bonds. The standard InChI is InChI=1S/C14H21BrClNO2/c1-4-7-17-13(14(18-2)19-3)8-10-5-6-11(15)9-12(10)16/h5-6,9,13-14,17H,4,7-8H2,1-3H3. The second-order valence-corrected chi connectivity index (χ2v) is 5.66. The monoisotopic (exact) mass is 349 g/mol. The zero-order valence-electron chi connectivity index (χ0n) is 11.6. The van der Waals surface area contributed by atoms with Crippen molar-refractivity contribution < 1.29 is 9.47 Å². The highest BCUT2D eigenvalue weighted by molar-refractivity contribution is 9.10. The summed E-state index contributed by atoms with van der Waals surface area (Å²) in [6, 6.07) is 6.00. The molecule has 1 N–H and O–H groups in total. The van der Waals surface area contributed by atoms with Crippen molar-refractivity contribution in [2.24, 2.45) is 0 Å². The summed E-state index contributed by atoms with van der Waals surface area (Å²) < 4.78 is 11.7. The van der Waals surface area contributed by atoms with Gasteiger partial charge in [-0.25, -0.2) is 0 Å². The number of ether oxygens (including phenoxy) is 2. The van der Waals surface area contributed by atoms with Gasteiger partial charge in [-0.2, -0.15) is 0 Å². The SMILES string of the molecule is CCCNC(Cc1ccc(Br)cc1Cl)C(OC)OC. The molecule has 1 atom stereocenters. The van der Waals surface area contributed by atoms with Crippen molar-refractivity contribution in [3.05, 3.63) is 33.3 Å². The molecule has 1 unspecified atom stereocenters. The lowest BCUT2D eigenvalue weighted by atomic mass is 10.1. The highest BCUT2D eigenvalue weighted by Gasteiger charge is 2.21. The van der Waals surface area contributed by atoms with Crippen molar-refractivity contribution >= 4 is 27.5 Å².